The van der Waals surface area contributed by atoms with Crippen LogP contribution in [0, 0.1) is 12.7 Å². The molecule has 26 heavy (non-hydrogen) atoms. The van der Waals surface area contributed by atoms with E-state index >= 15 is 0 Å². The molecule has 0 saturated heterocycles. The first-order valence-electron chi connectivity index (χ1n) is 8.35. The van der Waals surface area contributed by atoms with Crippen LogP contribution >= 0.6 is 11.6 Å². The Kier molecular flexibility index (Phi) is 4.53. The van der Waals surface area contributed by atoms with Crippen LogP contribution < -0.4 is 10.6 Å². The highest BCUT2D eigenvalue weighted by Crippen LogP contribution is 2.30. The minimum Gasteiger partial charge on any atom is -0.340 e. The number of hydrogen-bond acceptors (Lipinski definition) is 5. The average Bonchev–Trinajstić information content (AvgIpc) is 2.65. The molecule has 0 fully saturated rings. The van der Waals surface area contributed by atoms with Gasteiger partial charge in [0.25, 0.3) is 0 Å². The first kappa shape index (κ1) is 16.9. The molecular weight excluding hydrogens is 353 g/mol. The van der Waals surface area contributed by atoms with Crippen molar-refractivity contribution in [3.8, 4) is 11.4 Å². The Labute approximate surface area is 155 Å². The zero-order chi connectivity index (χ0) is 18.1. The molecule has 0 amide bonds. The summed E-state index contributed by atoms with van der Waals surface area (Å²) >= 11 is 6.05. The maximum Gasteiger partial charge on any atom is 0.164 e. The summed E-state index contributed by atoms with van der Waals surface area (Å²) in [5.41, 5.74) is 4.12. The second-order valence-electron chi connectivity index (χ2n) is 6.19. The minimum atomic E-state index is -0.394. The van der Waals surface area contributed by atoms with Crippen molar-refractivity contribution in [1.29, 1.82) is 0 Å². The fraction of sp³-hybridized carbons (Fsp3) is 0.211. The van der Waals surface area contributed by atoms with Gasteiger partial charge in [0, 0.05) is 48.2 Å². The zero-order valence-corrected chi connectivity index (χ0v) is 14.9. The number of nitrogens with zero attached hydrogens (tertiary/aromatic N) is 3. The molecule has 0 unspecified atom stereocenters. The van der Waals surface area contributed by atoms with Crippen molar-refractivity contribution < 1.29 is 4.39 Å². The molecule has 5 nitrogen and oxygen atoms in total. The largest absolute Gasteiger partial charge is 0.340 e. The number of hydrogen-bond donors (Lipinski definition) is 2. The molecule has 0 radical (unpaired) electrons. The Morgan fingerprint density at radius 2 is 2.12 bits per heavy atom. The minimum absolute atomic E-state index is 0.299. The van der Waals surface area contributed by atoms with Gasteiger partial charge < -0.3 is 10.6 Å². The second-order valence-corrected chi connectivity index (χ2v) is 6.62. The van der Waals surface area contributed by atoms with E-state index in [1.807, 2.05) is 13.0 Å². The molecule has 2 aromatic heterocycles. The van der Waals surface area contributed by atoms with Gasteiger partial charge in [-0.1, -0.05) is 11.6 Å². The van der Waals surface area contributed by atoms with Crippen molar-refractivity contribution in [2.75, 3.05) is 11.9 Å². The van der Waals surface area contributed by atoms with Crippen LogP contribution in [0.15, 0.2) is 36.7 Å². The number of aryl methyl sites for hydroxylation is 1. The van der Waals surface area contributed by atoms with E-state index in [4.69, 9.17) is 11.6 Å². The highest BCUT2D eigenvalue weighted by atomic mass is 35.5. The maximum absolute atomic E-state index is 14.3. The highest BCUT2D eigenvalue weighted by molar-refractivity contribution is 6.30. The SMILES string of the molecule is Cc1cnccc1Nc1nc(-c2cc(Cl)ccc2F)nc2c1CNCC2. The summed E-state index contributed by atoms with van der Waals surface area (Å²) in [6.45, 7) is 3.47. The van der Waals surface area contributed by atoms with Gasteiger partial charge in [-0.3, -0.25) is 4.98 Å². The molecule has 132 valence electrons. The lowest BCUT2D eigenvalue weighted by Gasteiger charge is -2.21. The summed E-state index contributed by atoms with van der Waals surface area (Å²) < 4.78 is 14.3. The van der Waals surface area contributed by atoms with Crippen molar-refractivity contribution in [2.24, 2.45) is 0 Å². The third-order valence-corrected chi connectivity index (χ3v) is 4.61. The number of pyridine rings is 1. The summed E-state index contributed by atoms with van der Waals surface area (Å²) in [7, 11) is 0. The van der Waals surface area contributed by atoms with E-state index in [-0.39, 0.29) is 0 Å². The van der Waals surface area contributed by atoms with Crippen LogP contribution in [0.2, 0.25) is 5.02 Å². The molecule has 0 bridgehead atoms. The van der Waals surface area contributed by atoms with Gasteiger partial charge >= 0.3 is 0 Å². The molecule has 0 aliphatic carbocycles. The number of nitrogens with one attached hydrogen (secondary N) is 2. The maximum atomic E-state index is 14.3. The van der Waals surface area contributed by atoms with Crippen molar-refractivity contribution in [3.05, 3.63) is 64.3 Å². The summed E-state index contributed by atoms with van der Waals surface area (Å²) in [6, 6.07) is 6.30. The van der Waals surface area contributed by atoms with Crippen molar-refractivity contribution >= 4 is 23.1 Å². The van der Waals surface area contributed by atoms with E-state index in [0.717, 1.165) is 35.5 Å². The number of fused-ring (bicyclic) bond motifs is 1. The van der Waals surface area contributed by atoms with Crippen molar-refractivity contribution in [3.63, 3.8) is 0 Å². The second kappa shape index (κ2) is 6.97. The summed E-state index contributed by atoms with van der Waals surface area (Å²) in [5, 5.41) is 7.14. The molecule has 3 heterocycles. The van der Waals surface area contributed by atoms with E-state index in [9.17, 15) is 4.39 Å². The number of anilines is 2. The summed E-state index contributed by atoms with van der Waals surface area (Å²) in [4.78, 5) is 13.3. The molecular formula is C19H17ClFN5. The van der Waals surface area contributed by atoms with E-state index in [1.54, 1.807) is 18.5 Å². The fourth-order valence-corrected chi connectivity index (χ4v) is 3.15. The van der Waals surface area contributed by atoms with Gasteiger partial charge in [-0.15, -0.1) is 0 Å². The van der Waals surface area contributed by atoms with Gasteiger partial charge in [0.15, 0.2) is 5.82 Å². The predicted molar refractivity (Wildman–Crippen MR) is 100 cm³/mol. The molecule has 0 saturated carbocycles. The Bertz CT molecular complexity index is 976. The molecule has 3 aromatic rings. The van der Waals surface area contributed by atoms with E-state index in [0.29, 0.717) is 28.8 Å². The predicted octanol–water partition coefficient (Wildman–Crippen LogP) is 4.03. The van der Waals surface area contributed by atoms with Crippen LogP contribution in [0.1, 0.15) is 16.8 Å². The van der Waals surface area contributed by atoms with Crippen molar-refractivity contribution in [1.82, 2.24) is 20.3 Å². The normalized spacial score (nSPS) is 13.3. The highest BCUT2D eigenvalue weighted by Gasteiger charge is 2.20. The fourth-order valence-electron chi connectivity index (χ4n) is 2.98. The van der Waals surface area contributed by atoms with E-state index < -0.39 is 5.82 Å². The first-order valence-corrected chi connectivity index (χ1v) is 8.73. The van der Waals surface area contributed by atoms with Crippen LogP contribution in [0.5, 0.6) is 0 Å². The Morgan fingerprint density at radius 3 is 2.96 bits per heavy atom. The standard InChI is InChI=1S/C19H17ClFN5/c1-11-9-22-6-4-16(11)24-19-14-10-23-7-5-17(14)25-18(26-19)13-8-12(20)2-3-15(13)21/h2-4,6,8-9,23H,5,7,10H2,1H3,(H,22,24,25,26). The summed E-state index contributed by atoms with van der Waals surface area (Å²) in [5.74, 6) is 0.611. The van der Waals surface area contributed by atoms with Gasteiger partial charge in [-0.05, 0) is 36.8 Å². The molecule has 1 aromatic carbocycles. The lowest BCUT2D eigenvalue weighted by atomic mass is 10.1. The van der Waals surface area contributed by atoms with Crippen LogP contribution in [-0.2, 0) is 13.0 Å². The Hall–Kier alpha value is -2.57. The number of aromatic nitrogens is 3. The topological polar surface area (TPSA) is 62.7 Å². The van der Waals surface area contributed by atoms with Gasteiger partial charge in [-0.2, -0.15) is 0 Å². The number of halogens is 2. The molecule has 0 spiro atoms. The first-order chi connectivity index (χ1) is 12.6. The smallest absolute Gasteiger partial charge is 0.164 e. The van der Waals surface area contributed by atoms with Crippen LogP contribution in [0.3, 0.4) is 0 Å². The zero-order valence-electron chi connectivity index (χ0n) is 14.2. The van der Waals surface area contributed by atoms with Crippen LogP contribution in [0.25, 0.3) is 11.4 Å². The van der Waals surface area contributed by atoms with E-state index in [2.05, 4.69) is 25.6 Å². The molecule has 4 rings (SSSR count). The van der Waals surface area contributed by atoms with Crippen molar-refractivity contribution in [2.45, 2.75) is 19.9 Å². The lowest BCUT2D eigenvalue weighted by Crippen LogP contribution is -2.26. The van der Waals surface area contributed by atoms with Gasteiger partial charge in [0.2, 0.25) is 0 Å². The Balaban J connectivity index is 1.85. The van der Waals surface area contributed by atoms with Crippen LogP contribution in [0.4, 0.5) is 15.9 Å². The quantitative estimate of drug-likeness (QED) is 0.729. The van der Waals surface area contributed by atoms with Gasteiger partial charge in [0.05, 0.1) is 11.3 Å². The summed E-state index contributed by atoms with van der Waals surface area (Å²) in [6.07, 6.45) is 4.27. The third kappa shape index (κ3) is 3.25. The molecule has 0 atom stereocenters. The number of benzene rings is 1. The number of rotatable bonds is 3. The molecule has 2 N–H and O–H groups in total. The van der Waals surface area contributed by atoms with Gasteiger partial charge in [-0.25, -0.2) is 14.4 Å². The Morgan fingerprint density at radius 1 is 1.23 bits per heavy atom. The molecule has 7 heteroatoms. The lowest BCUT2D eigenvalue weighted by molar-refractivity contribution is 0.622. The third-order valence-electron chi connectivity index (χ3n) is 4.38. The van der Waals surface area contributed by atoms with Crippen LogP contribution in [-0.4, -0.2) is 21.5 Å². The molecule has 1 aliphatic rings. The van der Waals surface area contributed by atoms with E-state index in [1.165, 1.54) is 12.1 Å². The van der Waals surface area contributed by atoms with Gasteiger partial charge in [0.1, 0.15) is 11.6 Å². The monoisotopic (exact) mass is 369 g/mol. The average molecular weight is 370 g/mol. The molecule has 1 aliphatic heterocycles.